The van der Waals surface area contributed by atoms with Crippen molar-refractivity contribution >= 4 is 11.7 Å². The van der Waals surface area contributed by atoms with E-state index in [1.807, 2.05) is 72.7 Å². The summed E-state index contributed by atoms with van der Waals surface area (Å²) in [5.74, 6) is 1.18. The number of nitrogens with one attached hydrogen (secondary N) is 1. The van der Waals surface area contributed by atoms with Crippen LogP contribution in [0.15, 0.2) is 65.3 Å². The van der Waals surface area contributed by atoms with Crippen molar-refractivity contribution in [2.45, 2.75) is 6.42 Å². The quantitative estimate of drug-likeness (QED) is 0.453. The van der Waals surface area contributed by atoms with E-state index in [0.29, 0.717) is 34.5 Å². The Bertz CT molecular complexity index is 1290. The lowest BCUT2D eigenvalue weighted by Gasteiger charge is -2.20. The average Bonchev–Trinajstić information content (AvgIpc) is 3.21. The molecule has 0 atom stereocenters. The van der Waals surface area contributed by atoms with E-state index in [0.717, 1.165) is 43.7 Å². The number of aromatic nitrogens is 4. The zero-order valence-corrected chi connectivity index (χ0v) is 18.9. The topological polar surface area (TPSA) is 114 Å². The average molecular weight is 457 g/mol. The van der Waals surface area contributed by atoms with Gasteiger partial charge in [-0.3, -0.25) is 10.5 Å². The van der Waals surface area contributed by atoms with Crippen molar-refractivity contribution in [3.05, 3.63) is 66.4 Å². The molecule has 9 nitrogen and oxygen atoms in total. The maximum absolute atomic E-state index is 12.9. The molecule has 1 amide bonds. The van der Waals surface area contributed by atoms with Crippen LogP contribution in [0.2, 0.25) is 0 Å². The monoisotopic (exact) mass is 456 g/mol. The summed E-state index contributed by atoms with van der Waals surface area (Å²) in [7, 11) is 1.84. The van der Waals surface area contributed by atoms with Crippen LogP contribution in [0.25, 0.3) is 34.2 Å². The van der Waals surface area contributed by atoms with Gasteiger partial charge in [-0.2, -0.15) is 4.98 Å². The summed E-state index contributed by atoms with van der Waals surface area (Å²) in [6.45, 7) is 3.25. The molecule has 0 bridgehead atoms. The van der Waals surface area contributed by atoms with Crippen LogP contribution in [-0.2, 0) is 7.05 Å². The highest BCUT2D eigenvalue weighted by Crippen LogP contribution is 2.26. The fourth-order valence-corrected chi connectivity index (χ4v) is 3.96. The summed E-state index contributed by atoms with van der Waals surface area (Å²) in [4.78, 5) is 24.0. The maximum Gasteiger partial charge on any atom is 0.302 e. The van der Waals surface area contributed by atoms with E-state index < -0.39 is 0 Å². The Hall–Kier alpha value is -4.11. The molecule has 0 unspecified atom stereocenters. The second-order valence-corrected chi connectivity index (χ2v) is 8.23. The summed E-state index contributed by atoms with van der Waals surface area (Å²) in [5, 5.41) is 7.42. The first-order valence-corrected chi connectivity index (χ1v) is 11.3. The Balaban J connectivity index is 1.43. The highest BCUT2D eigenvalue weighted by atomic mass is 16.5. The molecule has 2 aromatic heterocycles. The zero-order valence-electron chi connectivity index (χ0n) is 18.9. The number of rotatable bonds is 4. The number of benzene rings is 2. The predicted octanol–water partition coefficient (Wildman–Crippen LogP) is 2.31. The first-order chi connectivity index (χ1) is 16.6. The van der Waals surface area contributed by atoms with Crippen molar-refractivity contribution in [2.24, 2.45) is 7.05 Å². The van der Waals surface area contributed by atoms with Gasteiger partial charge in [-0.15, -0.1) is 0 Å². The number of hydrogen-bond donors (Lipinski definition) is 2. The van der Waals surface area contributed by atoms with Gasteiger partial charge in [0.1, 0.15) is 11.9 Å². The molecule has 1 saturated heterocycles. The molecule has 0 saturated carbocycles. The Morgan fingerprint density at radius 2 is 1.82 bits per heavy atom. The number of nitrogens with zero attached hydrogens (tertiary/aromatic N) is 5. The molecule has 1 fully saturated rings. The molecular weight excluding hydrogens is 430 g/mol. The minimum atomic E-state index is 0.0481. The van der Waals surface area contributed by atoms with Crippen LogP contribution in [0.4, 0.5) is 5.82 Å². The van der Waals surface area contributed by atoms with Gasteiger partial charge in [-0.05, 0) is 37.2 Å². The van der Waals surface area contributed by atoms with Crippen LogP contribution in [0.5, 0.6) is 0 Å². The Morgan fingerprint density at radius 1 is 1.03 bits per heavy atom. The lowest BCUT2D eigenvalue weighted by Crippen LogP contribution is -2.34. The molecule has 9 heteroatoms. The first-order valence-electron chi connectivity index (χ1n) is 11.3. The van der Waals surface area contributed by atoms with E-state index in [-0.39, 0.29) is 5.91 Å². The molecule has 3 heterocycles. The van der Waals surface area contributed by atoms with Crippen molar-refractivity contribution in [3.63, 3.8) is 0 Å². The first kappa shape index (κ1) is 21.7. The lowest BCUT2D eigenvalue weighted by atomic mass is 10.1. The number of carbonyl (C=O) groups is 1. The van der Waals surface area contributed by atoms with Crippen LogP contribution in [0.1, 0.15) is 16.8 Å². The standard InChI is InChI=1S/C25H25N7O2/c1-31-16-20(17-8-10-19(11-9-17)25(33)32-14-5-12-27-13-15-32)28-21(22(31)26)23-29-24(34-30-23)18-6-3-2-4-7-18/h2-4,6-11,16,26-27H,5,12-15H2,1H3/p+1. The number of nitrogen functional groups attached to an aromatic ring is 1. The van der Waals surface area contributed by atoms with Crippen molar-refractivity contribution in [3.8, 4) is 34.2 Å². The second-order valence-electron chi connectivity index (χ2n) is 8.23. The van der Waals surface area contributed by atoms with Crippen LogP contribution < -0.4 is 15.6 Å². The third-order valence-electron chi connectivity index (χ3n) is 5.88. The highest BCUT2D eigenvalue weighted by molar-refractivity contribution is 5.94. The maximum atomic E-state index is 12.9. The van der Waals surface area contributed by atoms with E-state index in [2.05, 4.69) is 15.5 Å². The predicted molar refractivity (Wildman–Crippen MR) is 127 cm³/mol. The van der Waals surface area contributed by atoms with Crippen LogP contribution >= 0.6 is 0 Å². The molecule has 172 valence electrons. The Kier molecular flexibility index (Phi) is 6.01. The minimum absolute atomic E-state index is 0.0481. The van der Waals surface area contributed by atoms with Crippen molar-refractivity contribution in [1.82, 2.24) is 25.3 Å². The molecule has 0 radical (unpaired) electrons. The number of amides is 1. The lowest BCUT2D eigenvalue weighted by molar-refractivity contribution is -0.656. The van der Waals surface area contributed by atoms with Gasteiger partial charge >= 0.3 is 5.82 Å². The smallest absolute Gasteiger partial charge is 0.302 e. The van der Waals surface area contributed by atoms with Gasteiger partial charge in [0, 0.05) is 36.3 Å². The SMILES string of the molecule is C[n+]1cc(-c2ccc(C(=O)N3CCCNCC3)cc2)nc(-c2noc(-c3ccccc3)n2)c1N. The third-order valence-corrected chi connectivity index (χ3v) is 5.88. The summed E-state index contributed by atoms with van der Waals surface area (Å²) in [6.07, 6.45) is 2.80. The third kappa shape index (κ3) is 4.38. The minimum Gasteiger partial charge on any atom is -0.337 e. The number of nitrogens with two attached hydrogens (primary N) is 1. The molecule has 1 aliphatic heterocycles. The zero-order chi connectivity index (χ0) is 23.5. The molecule has 34 heavy (non-hydrogen) atoms. The van der Waals surface area contributed by atoms with Crippen molar-refractivity contribution in [2.75, 3.05) is 31.9 Å². The number of carbonyl (C=O) groups excluding carboxylic acids is 1. The van der Waals surface area contributed by atoms with E-state index in [9.17, 15) is 4.79 Å². The van der Waals surface area contributed by atoms with Gasteiger partial charge < -0.3 is 14.7 Å². The van der Waals surface area contributed by atoms with E-state index in [1.165, 1.54) is 0 Å². The molecule has 5 rings (SSSR count). The fraction of sp³-hybridized carbons (Fsp3) is 0.240. The summed E-state index contributed by atoms with van der Waals surface area (Å²) >= 11 is 0. The van der Waals surface area contributed by atoms with Gasteiger partial charge in [0.25, 0.3) is 11.8 Å². The molecule has 3 N–H and O–H groups in total. The summed E-state index contributed by atoms with van der Waals surface area (Å²) in [6, 6.07) is 17.0. The molecule has 2 aromatic carbocycles. The van der Waals surface area contributed by atoms with Gasteiger partial charge in [-0.25, -0.2) is 9.55 Å². The largest absolute Gasteiger partial charge is 0.337 e. The van der Waals surface area contributed by atoms with Gasteiger partial charge in [-0.1, -0.05) is 35.5 Å². The molecule has 1 aliphatic rings. The number of hydrogen-bond acceptors (Lipinski definition) is 7. The Labute approximate surface area is 197 Å². The second kappa shape index (κ2) is 9.40. The Morgan fingerprint density at radius 3 is 2.62 bits per heavy atom. The van der Waals surface area contributed by atoms with Gasteiger partial charge in [0.05, 0.1) is 7.05 Å². The summed E-state index contributed by atoms with van der Waals surface area (Å²) < 4.78 is 7.22. The molecule has 0 spiro atoms. The number of anilines is 1. The van der Waals surface area contributed by atoms with Crippen molar-refractivity contribution < 1.29 is 13.9 Å². The molecular formula is C25H26N7O2+. The normalized spacial score (nSPS) is 14.1. The molecule has 0 aliphatic carbocycles. The number of aryl methyl sites for hydroxylation is 1. The van der Waals surface area contributed by atoms with Crippen LogP contribution in [0, 0.1) is 0 Å². The summed E-state index contributed by atoms with van der Waals surface area (Å²) in [5.41, 5.74) is 9.76. The van der Waals surface area contributed by atoms with Crippen molar-refractivity contribution in [1.29, 1.82) is 0 Å². The fourth-order valence-electron chi connectivity index (χ4n) is 3.96. The molecule has 4 aromatic rings. The van der Waals surface area contributed by atoms with E-state index in [4.69, 9.17) is 15.2 Å². The van der Waals surface area contributed by atoms with E-state index in [1.54, 1.807) is 4.57 Å². The van der Waals surface area contributed by atoms with Gasteiger partial charge in [0.15, 0.2) is 0 Å². The van der Waals surface area contributed by atoms with Crippen LogP contribution in [-0.4, -0.2) is 52.1 Å². The van der Waals surface area contributed by atoms with Crippen LogP contribution in [0.3, 0.4) is 0 Å². The van der Waals surface area contributed by atoms with E-state index >= 15 is 0 Å². The van der Waals surface area contributed by atoms with Gasteiger partial charge in [0.2, 0.25) is 11.5 Å². The highest BCUT2D eigenvalue weighted by Gasteiger charge is 2.22.